The van der Waals surface area contributed by atoms with Crippen molar-refractivity contribution in [3.63, 3.8) is 0 Å². The van der Waals surface area contributed by atoms with E-state index in [4.69, 9.17) is 0 Å². The van der Waals surface area contributed by atoms with Crippen molar-refractivity contribution < 1.29 is 5.11 Å². The van der Waals surface area contributed by atoms with Gasteiger partial charge in [0.25, 0.3) is 0 Å². The molecule has 19 heavy (non-hydrogen) atoms. The molecule has 1 aromatic rings. The molecule has 1 unspecified atom stereocenters. The van der Waals surface area contributed by atoms with E-state index in [0.29, 0.717) is 11.8 Å². The van der Waals surface area contributed by atoms with Crippen molar-refractivity contribution >= 4 is 0 Å². The van der Waals surface area contributed by atoms with Crippen molar-refractivity contribution in [1.29, 1.82) is 0 Å². The van der Waals surface area contributed by atoms with Crippen LogP contribution < -0.4 is 0 Å². The minimum absolute atomic E-state index is 0.355. The lowest BCUT2D eigenvalue weighted by atomic mass is 10.0. The molecule has 0 radical (unpaired) electrons. The zero-order valence-corrected chi connectivity index (χ0v) is 12.3. The molecule has 0 heterocycles. The van der Waals surface area contributed by atoms with Crippen LogP contribution in [0.2, 0.25) is 0 Å². The molecule has 0 aromatic heterocycles. The molecule has 1 aliphatic carbocycles. The fourth-order valence-electron chi connectivity index (χ4n) is 3.14. The SMILES string of the molecule is CC(Cc1ccc(O)cc1)N(C)C1CCCCCC1. The van der Waals surface area contributed by atoms with Gasteiger partial charge in [-0.2, -0.15) is 0 Å². The summed E-state index contributed by atoms with van der Waals surface area (Å²) in [6.07, 6.45) is 9.38. The van der Waals surface area contributed by atoms with E-state index in [1.807, 2.05) is 12.1 Å². The van der Waals surface area contributed by atoms with Crippen molar-refractivity contribution in [1.82, 2.24) is 4.90 Å². The number of benzene rings is 1. The van der Waals surface area contributed by atoms with Crippen LogP contribution in [0.15, 0.2) is 24.3 Å². The highest BCUT2D eigenvalue weighted by molar-refractivity contribution is 5.26. The van der Waals surface area contributed by atoms with Gasteiger partial charge in [0, 0.05) is 12.1 Å². The zero-order valence-electron chi connectivity index (χ0n) is 12.3. The van der Waals surface area contributed by atoms with Gasteiger partial charge in [-0.15, -0.1) is 0 Å². The molecule has 2 rings (SSSR count). The Labute approximate surface area is 117 Å². The molecule has 1 aliphatic rings. The van der Waals surface area contributed by atoms with Gasteiger partial charge in [-0.1, -0.05) is 37.8 Å². The smallest absolute Gasteiger partial charge is 0.115 e. The Bertz CT molecular complexity index is 365. The Morgan fingerprint density at radius 2 is 1.68 bits per heavy atom. The largest absolute Gasteiger partial charge is 0.508 e. The van der Waals surface area contributed by atoms with Gasteiger partial charge >= 0.3 is 0 Å². The summed E-state index contributed by atoms with van der Waals surface area (Å²) < 4.78 is 0. The molecule has 0 bridgehead atoms. The maximum absolute atomic E-state index is 9.32. The van der Waals surface area contributed by atoms with Crippen LogP contribution in [-0.2, 0) is 6.42 Å². The van der Waals surface area contributed by atoms with Crippen molar-refractivity contribution in [2.45, 2.75) is 64.0 Å². The van der Waals surface area contributed by atoms with E-state index in [9.17, 15) is 5.11 Å². The van der Waals surface area contributed by atoms with Crippen LogP contribution in [0.25, 0.3) is 0 Å². The number of hydrogen-bond acceptors (Lipinski definition) is 2. The molecule has 0 amide bonds. The van der Waals surface area contributed by atoms with Gasteiger partial charge in [0.15, 0.2) is 0 Å². The third kappa shape index (κ3) is 4.24. The highest BCUT2D eigenvalue weighted by Crippen LogP contribution is 2.23. The predicted molar refractivity (Wildman–Crippen MR) is 80.5 cm³/mol. The molecule has 1 N–H and O–H groups in total. The average Bonchev–Trinajstić information content (AvgIpc) is 2.69. The van der Waals surface area contributed by atoms with Gasteiger partial charge in [0.05, 0.1) is 0 Å². The Morgan fingerprint density at radius 1 is 1.11 bits per heavy atom. The first-order chi connectivity index (χ1) is 9.16. The van der Waals surface area contributed by atoms with Gasteiger partial charge in [-0.05, 0) is 50.9 Å². The molecule has 1 fully saturated rings. The number of hydrogen-bond donors (Lipinski definition) is 1. The first-order valence-electron chi connectivity index (χ1n) is 7.66. The van der Waals surface area contributed by atoms with E-state index in [1.165, 1.54) is 44.1 Å². The minimum Gasteiger partial charge on any atom is -0.508 e. The van der Waals surface area contributed by atoms with E-state index >= 15 is 0 Å². The Balaban J connectivity index is 1.90. The summed E-state index contributed by atoms with van der Waals surface area (Å²) in [5, 5.41) is 9.32. The van der Waals surface area contributed by atoms with Crippen molar-refractivity contribution in [2.24, 2.45) is 0 Å². The van der Waals surface area contributed by atoms with Crippen LogP contribution >= 0.6 is 0 Å². The fraction of sp³-hybridized carbons (Fsp3) is 0.647. The average molecular weight is 261 g/mol. The monoisotopic (exact) mass is 261 g/mol. The van der Waals surface area contributed by atoms with Gasteiger partial charge in [0.2, 0.25) is 0 Å². The van der Waals surface area contributed by atoms with Crippen LogP contribution in [0, 0.1) is 0 Å². The van der Waals surface area contributed by atoms with Gasteiger partial charge < -0.3 is 10.0 Å². The second-order valence-electron chi connectivity index (χ2n) is 6.03. The number of aromatic hydroxyl groups is 1. The van der Waals surface area contributed by atoms with E-state index in [0.717, 1.165) is 12.5 Å². The highest BCUT2D eigenvalue weighted by Gasteiger charge is 2.21. The maximum Gasteiger partial charge on any atom is 0.115 e. The Kier molecular flexibility index (Phi) is 5.26. The van der Waals surface area contributed by atoms with E-state index in [-0.39, 0.29) is 0 Å². The number of likely N-dealkylation sites (N-methyl/N-ethyl adjacent to an activating group) is 1. The van der Waals surface area contributed by atoms with Crippen LogP contribution in [0.3, 0.4) is 0 Å². The molecule has 1 atom stereocenters. The fourth-order valence-corrected chi connectivity index (χ4v) is 3.14. The number of rotatable bonds is 4. The molecule has 0 aliphatic heterocycles. The summed E-state index contributed by atoms with van der Waals surface area (Å²) >= 11 is 0. The van der Waals surface area contributed by atoms with E-state index in [1.54, 1.807) is 12.1 Å². The second kappa shape index (κ2) is 6.95. The molecule has 2 heteroatoms. The third-order valence-electron chi connectivity index (χ3n) is 4.56. The zero-order chi connectivity index (χ0) is 13.7. The van der Waals surface area contributed by atoms with Crippen LogP contribution in [0.4, 0.5) is 0 Å². The summed E-state index contributed by atoms with van der Waals surface area (Å²) in [5.74, 6) is 0.355. The molecule has 0 saturated heterocycles. The minimum atomic E-state index is 0.355. The van der Waals surface area contributed by atoms with E-state index in [2.05, 4.69) is 18.9 Å². The van der Waals surface area contributed by atoms with Crippen LogP contribution in [0.1, 0.15) is 51.0 Å². The predicted octanol–water partition coefficient (Wildman–Crippen LogP) is 3.98. The third-order valence-corrected chi connectivity index (χ3v) is 4.56. The maximum atomic E-state index is 9.32. The van der Waals surface area contributed by atoms with E-state index < -0.39 is 0 Å². The molecule has 1 saturated carbocycles. The first-order valence-corrected chi connectivity index (χ1v) is 7.66. The topological polar surface area (TPSA) is 23.5 Å². The molecule has 2 nitrogen and oxygen atoms in total. The molecule has 1 aromatic carbocycles. The Hall–Kier alpha value is -1.02. The standard InChI is InChI=1S/C17H27NO/c1-14(13-15-9-11-17(19)12-10-15)18(2)16-7-5-3-4-6-8-16/h9-12,14,16,19H,3-8,13H2,1-2H3. The summed E-state index contributed by atoms with van der Waals surface area (Å²) in [7, 11) is 2.28. The van der Waals surface area contributed by atoms with Crippen molar-refractivity contribution in [3.8, 4) is 5.75 Å². The van der Waals surface area contributed by atoms with Crippen molar-refractivity contribution in [2.75, 3.05) is 7.05 Å². The van der Waals surface area contributed by atoms with Crippen LogP contribution in [-0.4, -0.2) is 29.1 Å². The Morgan fingerprint density at radius 3 is 2.26 bits per heavy atom. The lowest BCUT2D eigenvalue weighted by molar-refractivity contribution is 0.167. The molecular weight excluding hydrogens is 234 g/mol. The summed E-state index contributed by atoms with van der Waals surface area (Å²) in [6.45, 7) is 2.32. The quantitative estimate of drug-likeness (QED) is 0.829. The normalized spacial score (nSPS) is 19.3. The van der Waals surface area contributed by atoms with Crippen molar-refractivity contribution in [3.05, 3.63) is 29.8 Å². The summed E-state index contributed by atoms with van der Waals surface area (Å²) in [5.41, 5.74) is 1.31. The molecule has 106 valence electrons. The number of phenols is 1. The summed E-state index contributed by atoms with van der Waals surface area (Å²) in [6, 6.07) is 8.96. The number of phenolic OH excluding ortho intramolecular Hbond substituents is 1. The lowest BCUT2D eigenvalue weighted by Crippen LogP contribution is -2.39. The second-order valence-corrected chi connectivity index (χ2v) is 6.03. The summed E-state index contributed by atoms with van der Waals surface area (Å²) in [4.78, 5) is 2.57. The number of nitrogens with zero attached hydrogens (tertiary/aromatic N) is 1. The highest BCUT2D eigenvalue weighted by atomic mass is 16.3. The van der Waals surface area contributed by atoms with Gasteiger partial charge in [-0.3, -0.25) is 0 Å². The molecular formula is C17H27NO. The molecule has 0 spiro atoms. The first kappa shape index (κ1) is 14.4. The van der Waals surface area contributed by atoms with Gasteiger partial charge in [0.1, 0.15) is 5.75 Å². The lowest BCUT2D eigenvalue weighted by Gasteiger charge is -2.33. The van der Waals surface area contributed by atoms with Crippen LogP contribution in [0.5, 0.6) is 5.75 Å². The van der Waals surface area contributed by atoms with Gasteiger partial charge in [-0.25, -0.2) is 0 Å².